The highest BCUT2D eigenvalue weighted by atomic mass is 16.5. The fourth-order valence-corrected chi connectivity index (χ4v) is 2.09. The summed E-state index contributed by atoms with van der Waals surface area (Å²) in [5.41, 5.74) is 0. The second kappa shape index (κ2) is 10.4. The second-order valence-electron chi connectivity index (χ2n) is 7.08. The molecule has 5 heteroatoms. The van der Waals surface area contributed by atoms with Crippen molar-refractivity contribution in [2.24, 2.45) is 5.92 Å². The summed E-state index contributed by atoms with van der Waals surface area (Å²) >= 11 is 0. The van der Waals surface area contributed by atoms with Crippen LogP contribution in [-0.4, -0.2) is 50.2 Å². The number of ether oxygens (including phenoxy) is 1. The Morgan fingerprint density at radius 2 is 1.82 bits per heavy atom. The van der Waals surface area contributed by atoms with Crippen molar-refractivity contribution in [2.45, 2.75) is 52.1 Å². The van der Waals surface area contributed by atoms with Crippen molar-refractivity contribution in [1.29, 1.82) is 0 Å². The topological polar surface area (TPSA) is 66.4 Å². The molecular formula is C17H31NO4. The SMILES string of the molecule is CC(C)/C=C/CCCCC(=O)OC(CC(=O)[O-])C[N+](C)(C)C. The maximum absolute atomic E-state index is 11.8. The molecule has 1 atom stereocenters. The first-order chi connectivity index (χ1) is 10.1. The van der Waals surface area contributed by atoms with E-state index in [0.717, 1.165) is 19.3 Å². The van der Waals surface area contributed by atoms with Gasteiger partial charge in [0.25, 0.3) is 0 Å². The number of rotatable bonds is 11. The molecule has 128 valence electrons. The van der Waals surface area contributed by atoms with Gasteiger partial charge in [0.15, 0.2) is 6.10 Å². The summed E-state index contributed by atoms with van der Waals surface area (Å²) in [6, 6.07) is 0. The van der Waals surface area contributed by atoms with Crippen molar-refractivity contribution in [1.82, 2.24) is 0 Å². The van der Waals surface area contributed by atoms with E-state index in [-0.39, 0.29) is 12.4 Å². The average Bonchev–Trinajstić information content (AvgIpc) is 2.29. The Balaban J connectivity index is 4.09. The number of aliphatic carboxylic acids is 1. The summed E-state index contributed by atoms with van der Waals surface area (Å²) in [4.78, 5) is 22.5. The molecule has 0 aliphatic heterocycles. The van der Waals surface area contributed by atoms with Crippen LogP contribution in [0.5, 0.6) is 0 Å². The highest BCUT2D eigenvalue weighted by molar-refractivity contribution is 5.70. The van der Waals surface area contributed by atoms with E-state index in [1.165, 1.54) is 0 Å². The lowest BCUT2D eigenvalue weighted by molar-refractivity contribution is -0.873. The molecule has 0 bridgehead atoms. The molecule has 0 radical (unpaired) electrons. The van der Waals surface area contributed by atoms with Gasteiger partial charge in [-0.3, -0.25) is 4.79 Å². The van der Waals surface area contributed by atoms with E-state index in [1.54, 1.807) is 0 Å². The summed E-state index contributed by atoms with van der Waals surface area (Å²) in [6.07, 6.45) is 6.36. The number of carbonyl (C=O) groups is 2. The van der Waals surface area contributed by atoms with Gasteiger partial charge < -0.3 is 19.1 Å². The first-order valence-electron chi connectivity index (χ1n) is 7.96. The number of nitrogens with zero attached hydrogens (tertiary/aromatic N) is 1. The van der Waals surface area contributed by atoms with Gasteiger partial charge in [0.05, 0.1) is 21.1 Å². The van der Waals surface area contributed by atoms with Crippen LogP contribution in [0, 0.1) is 5.92 Å². The number of carboxylic acid groups (broad SMARTS) is 1. The smallest absolute Gasteiger partial charge is 0.306 e. The fourth-order valence-electron chi connectivity index (χ4n) is 2.09. The lowest BCUT2D eigenvalue weighted by Gasteiger charge is -2.29. The summed E-state index contributed by atoms with van der Waals surface area (Å²) < 4.78 is 5.82. The van der Waals surface area contributed by atoms with Crippen molar-refractivity contribution in [3.8, 4) is 0 Å². The normalized spacial score (nSPS) is 13.5. The first-order valence-corrected chi connectivity index (χ1v) is 7.96. The number of hydrogen-bond donors (Lipinski definition) is 0. The highest BCUT2D eigenvalue weighted by Gasteiger charge is 2.22. The molecule has 0 amide bonds. The van der Waals surface area contributed by atoms with Gasteiger partial charge in [-0.05, 0) is 25.2 Å². The molecule has 5 nitrogen and oxygen atoms in total. The van der Waals surface area contributed by atoms with Gasteiger partial charge in [-0.15, -0.1) is 0 Å². The second-order valence-corrected chi connectivity index (χ2v) is 7.08. The Bertz CT molecular complexity index is 369. The lowest BCUT2D eigenvalue weighted by Crippen LogP contribution is -2.45. The zero-order chi connectivity index (χ0) is 17.2. The molecule has 22 heavy (non-hydrogen) atoms. The van der Waals surface area contributed by atoms with Crippen LogP contribution in [-0.2, 0) is 14.3 Å². The quantitative estimate of drug-likeness (QED) is 0.251. The van der Waals surface area contributed by atoms with E-state index in [4.69, 9.17) is 4.74 Å². The van der Waals surface area contributed by atoms with Gasteiger partial charge in [0.2, 0.25) is 0 Å². The Morgan fingerprint density at radius 1 is 1.18 bits per heavy atom. The highest BCUT2D eigenvalue weighted by Crippen LogP contribution is 2.09. The standard InChI is InChI=1S/C17H31NO4/c1-14(2)10-8-6-7-9-11-17(21)22-15(12-16(19)20)13-18(3,4)5/h8,10,14-15H,6-7,9,11-13H2,1-5H3/b10-8+. The van der Waals surface area contributed by atoms with E-state index >= 15 is 0 Å². The summed E-state index contributed by atoms with van der Waals surface area (Å²) in [5.74, 6) is -0.969. The number of esters is 1. The van der Waals surface area contributed by atoms with Crippen LogP contribution in [0.15, 0.2) is 12.2 Å². The fraction of sp³-hybridized carbons (Fsp3) is 0.765. The number of quaternary nitrogens is 1. The predicted octanol–water partition coefficient (Wildman–Crippen LogP) is 1.52. The van der Waals surface area contributed by atoms with Crippen LogP contribution in [0.2, 0.25) is 0 Å². The lowest BCUT2D eigenvalue weighted by atomic mass is 10.1. The maximum atomic E-state index is 11.8. The van der Waals surface area contributed by atoms with Gasteiger partial charge in [-0.1, -0.05) is 26.0 Å². The van der Waals surface area contributed by atoms with E-state index in [2.05, 4.69) is 26.0 Å². The van der Waals surface area contributed by atoms with Gasteiger partial charge in [0, 0.05) is 18.8 Å². The van der Waals surface area contributed by atoms with Crippen LogP contribution in [0.4, 0.5) is 0 Å². The molecule has 0 aromatic carbocycles. The molecule has 0 aromatic heterocycles. The Hall–Kier alpha value is -1.36. The van der Waals surface area contributed by atoms with Crippen molar-refractivity contribution >= 4 is 11.9 Å². The molecule has 0 heterocycles. The minimum atomic E-state index is -1.19. The molecule has 1 unspecified atom stereocenters. The van der Waals surface area contributed by atoms with Crippen molar-refractivity contribution < 1.29 is 23.9 Å². The van der Waals surface area contributed by atoms with Gasteiger partial charge in [-0.2, -0.15) is 0 Å². The average molecular weight is 313 g/mol. The van der Waals surface area contributed by atoms with Crippen LogP contribution in [0.1, 0.15) is 46.0 Å². The molecule has 0 aromatic rings. The molecular weight excluding hydrogens is 282 g/mol. The summed E-state index contributed by atoms with van der Waals surface area (Å²) in [6.45, 7) is 4.70. The molecule has 0 saturated heterocycles. The van der Waals surface area contributed by atoms with E-state index in [0.29, 0.717) is 23.4 Å². The molecule has 0 saturated carbocycles. The molecule has 0 N–H and O–H groups in total. The number of carboxylic acids is 1. The van der Waals surface area contributed by atoms with Crippen LogP contribution in [0.25, 0.3) is 0 Å². The van der Waals surface area contributed by atoms with Crippen molar-refractivity contribution in [2.75, 3.05) is 27.7 Å². The molecule has 0 aliphatic carbocycles. The first kappa shape index (κ1) is 20.6. The number of allylic oxidation sites excluding steroid dienone is 2. The van der Waals surface area contributed by atoms with Crippen LogP contribution >= 0.6 is 0 Å². The molecule has 0 fully saturated rings. The third-order valence-electron chi connectivity index (χ3n) is 2.97. The van der Waals surface area contributed by atoms with Gasteiger partial charge >= 0.3 is 5.97 Å². The third-order valence-corrected chi connectivity index (χ3v) is 2.97. The summed E-state index contributed by atoms with van der Waals surface area (Å²) in [7, 11) is 5.78. The van der Waals surface area contributed by atoms with Crippen molar-refractivity contribution in [3.63, 3.8) is 0 Å². The van der Waals surface area contributed by atoms with Gasteiger partial charge in [-0.25, -0.2) is 0 Å². The Kier molecular flexibility index (Phi) is 9.74. The monoisotopic (exact) mass is 313 g/mol. The predicted molar refractivity (Wildman–Crippen MR) is 84.8 cm³/mol. The minimum Gasteiger partial charge on any atom is -0.550 e. The number of carbonyl (C=O) groups excluding carboxylic acids is 2. The Labute approximate surface area is 134 Å². The summed E-state index contributed by atoms with van der Waals surface area (Å²) in [5, 5.41) is 10.7. The number of likely N-dealkylation sites (N-methyl/N-ethyl adjacent to an activating group) is 1. The zero-order valence-corrected chi connectivity index (χ0v) is 14.6. The molecule has 0 aliphatic rings. The van der Waals surface area contributed by atoms with Gasteiger partial charge in [0.1, 0.15) is 6.54 Å². The van der Waals surface area contributed by atoms with E-state index in [9.17, 15) is 14.7 Å². The third kappa shape index (κ3) is 13.6. The zero-order valence-electron chi connectivity index (χ0n) is 14.6. The molecule has 0 rings (SSSR count). The number of unbranched alkanes of at least 4 members (excludes halogenated alkanes) is 2. The maximum Gasteiger partial charge on any atom is 0.306 e. The number of hydrogen-bond acceptors (Lipinski definition) is 4. The molecule has 0 spiro atoms. The van der Waals surface area contributed by atoms with Crippen molar-refractivity contribution in [3.05, 3.63) is 12.2 Å². The van der Waals surface area contributed by atoms with E-state index in [1.807, 2.05) is 21.1 Å². The van der Waals surface area contributed by atoms with Crippen LogP contribution in [0.3, 0.4) is 0 Å². The largest absolute Gasteiger partial charge is 0.550 e. The van der Waals surface area contributed by atoms with Crippen LogP contribution < -0.4 is 5.11 Å². The van der Waals surface area contributed by atoms with E-state index < -0.39 is 12.1 Å². The minimum absolute atomic E-state index is 0.252. The Morgan fingerprint density at radius 3 is 2.32 bits per heavy atom.